The van der Waals surface area contributed by atoms with Crippen molar-refractivity contribution in [3.63, 3.8) is 0 Å². The van der Waals surface area contributed by atoms with Gasteiger partial charge in [0.05, 0.1) is 6.61 Å². The molecule has 0 fully saturated rings. The lowest BCUT2D eigenvalue weighted by molar-refractivity contribution is -0.164. The van der Waals surface area contributed by atoms with Crippen molar-refractivity contribution in [3.8, 4) is 0 Å². The molecule has 98 valence electrons. The van der Waals surface area contributed by atoms with Crippen LogP contribution in [0.1, 0.15) is 27.7 Å². The molecule has 0 aliphatic rings. The van der Waals surface area contributed by atoms with E-state index in [2.05, 4.69) is 4.74 Å². The van der Waals surface area contributed by atoms with Gasteiger partial charge in [-0.15, -0.1) is 0 Å². The highest BCUT2D eigenvalue weighted by Crippen LogP contribution is 2.07. The number of carbonyl (C=O) groups is 3. The van der Waals surface area contributed by atoms with E-state index in [-0.39, 0.29) is 13.2 Å². The van der Waals surface area contributed by atoms with Crippen LogP contribution in [0.25, 0.3) is 0 Å². The number of hydrogen-bond donors (Lipinski definition) is 0. The summed E-state index contributed by atoms with van der Waals surface area (Å²) < 4.78 is 9.54. The van der Waals surface area contributed by atoms with Crippen LogP contribution in [-0.4, -0.2) is 48.5 Å². The molecular formula is C11H19NO5. The SMILES string of the molecule is CCOC(=O)C(=O)N(C)CC(=O)OC(C)(C)C. The molecule has 0 N–H and O–H groups in total. The lowest BCUT2D eigenvalue weighted by Gasteiger charge is -2.22. The quantitative estimate of drug-likeness (QED) is 0.530. The summed E-state index contributed by atoms with van der Waals surface area (Å²) in [5.74, 6) is -2.41. The van der Waals surface area contributed by atoms with E-state index >= 15 is 0 Å². The molecular weight excluding hydrogens is 226 g/mol. The molecule has 0 saturated carbocycles. The van der Waals surface area contributed by atoms with Crippen molar-refractivity contribution in [1.82, 2.24) is 4.90 Å². The van der Waals surface area contributed by atoms with Crippen LogP contribution in [0, 0.1) is 0 Å². The van der Waals surface area contributed by atoms with Crippen molar-refractivity contribution in [3.05, 3.63) is 0 Å². The van der Waals surface area contributed by atoms with Crippen LogP contribution in [-0.2, 0) is 23.9 Å². The number of rotatable bonds is 3. The van der Waals surface area contributed by atoms with Gasteiger partial charge in [0.1, 0.15) is 12.1 Å². The maximum Gasteiger partial charge on any atom is 0.397 e. The topological polar surface area (TPSA) is 72.9 Å². The van der Waals surface area contributed by atoms with Crippen molar-refractivity contribution in [2.24, 2.45) is 0 Å². The Morgan fingerprint density at radius 1 is 1.18 bits per heavy atom. The summed E-state index contributed by atoms with van der Waals surface area (Å²) in [6.07, 6.45) is 0. The minimum Gasteiger partial charge on any atom is -0.459 e. The molecule has 17 heavy (non-hydrogen) atoms. The molecule has 0 heterocycles. The third kappa shape index (κ3) is 6.55. The van der Waals surface area contributed by atoms with Gasteiger partial charge in [-0.25, -0.2) is 4.79 Å². The highest BCUT2D eigenvalue weighted by atomic mass is 16.6. The fourth-order valence-corrected chi connectivity index (χ4v) is 0.988. The number of amides is 1. The first kappa shape index (κ1) is 15.4. The molecule has 0 aliphatic heterocycles. The summed E-state index contributed by atoms with van der Waals surface area (Å²) in [7, 11) is 1.34. The summed E-state index contributed by atoms with van der Waals surface area (Å²) in [6.45, 7) is 6.59. The lowest BCUT2D eigenvalue weighted by atomic mass is 10.2. The van der Waals surface area contributed by atoms with E-state index in [1.165, 1.54) is 7.05 Å². The Morgan fingerprint density at radius 3 is 2.12 bits per heavy atom. The highest BCUT2D eigenvalue weighted by molar-refractivity contribution is 6.32. The molecule has 0 rings (SSSR count). The van der Waals surface area contributed by atoms with Crippen LogP contribution in [0.5, 0.6) is 0 Å². The molecule has 0 aliphatic carbocycles. The van der Waals surface area contributed by atoms with Crippen LogP contribution in [0.15, 0.2) is 0 Å². The predicted octanol–water partition coefficient (Wildman–Crippen LogP) is 0.350. The van der Waals surface area contributed by atoms with Crippen molar-refractivity contribution < 1.29 is 23.9 Å². The molecule has 0 saturated heterocycles. The Bertz CT molecular complexity index is 305. The molecule has 6 nitrogen and oxygen atoms in total. The van der Waals surface area contributed by atoms with E-state index in [1.807, 2.05) is 0 Å². The zero-order chi connectivity index (χ0) is 13.6. The Balaban J connectivity index is 4.26. The molecule has 6 heteroatoms. The predicted molar refractivity (Wildman–Crippen MR) is 60.1 cm³/mol. The van der Waals surface area contributed by atoms with Gasteiger partial charge in [-0.1, -0.05) is 0 Å². The van der Waals surface area contributed by atoms with Gasteiger partial charge in [0.15, 0.2) is 0 Å². The zero-order valence-corrected chi connectivity index (χ0v) is 10.9. The summed E-state index contributed by atoms with van der Waals surface area (Å²) in [5.41, 5.74) is -0.620. The summed E-state index contributed by atoms with van der Waals surface area (Å²) in [4.78, 5) is 34.8. The first-order valence-corrected chi connectivity index (χ1v) is 5.31. The van der Waals surface area contributed by atoms with Crippen LogP contribution in [0.3, 0.4) is 0 Å². The molecule has 0 atom stereocenters. The number of carbonyl (C=O) groups excluding carboxylic acids is 3. The van der Waals surface area contributed by atoms with Crippen molar-refractivity contribution in [1.29, 1.82) is 0 Å². The van der Waals surface area contributed by atoms with E-state index < -0.39 is 23.4 Å². The Hall–Kier alpha value is -1.59. The van der Waals surface area contributed by atoms with E-state index in [9.17, 15) is 14.4 Å². The van der Waals surface area contributed by atoms with Gasteiger partial charge < -0.3 is 14.4 Å². The van der Waals surface area contributed by atoms with Crippen LogP contribution >= 0.6 is 0 Å². The largest absolute Gasteiger partial charge is 0.459 e. The van der Waals surface area contributed by atoms with Crippen LogP contribution in [0.4, 0.5) is 0 Å². The first-order chi connectivity index (χ1) is 7.67. The first-order valence-electron chi connectivity index (χ1n) is 5.31. The number of nitrogens with zero attached hydrogens (tertiary/aromatic N) is 1. The van der Waals surface area contributed by atoms with E-state index in [1.54, 1.807) is 27.7 Å². The van der Waals surface area contributed by atoms with Crippen molar-refractivity contribution in [2.75, 3.05) is 20.2 Å². The van der Waals surface area contributed by atoms with Gasteiger partial charge in [-0.2, -0.15) is 0 Å². The fraction of sp³-hybridized carbons (Fsp3) is 0.727. The smallest absolute Gasteiger partial charge is 0.397 e. The molecule has 0 radical (unpaired) electrons. The number of hydrogen-bond acceptors (Lipinski definition) is 5. The highest BCUT2D eigenvalue weighted by Gasteiger charge is 2.24. The zero-order valence-electron chi connectivity index (χ0n) is 10.9. The number of likely N-dealkylation sites (N-methyl/N-ethyl adjacent to an activating group) is 1. The van der Waals surface area contributed by atoms with E-state index in [0.717, 1.165) is 4.90 Å². The van der Waals surface area contributed by atoms with Crippen LogP contribution < -0.4 is 0 Å². The van der Waals surface area contributed by atoms with Gasteiger partial charge in [-0.3, -0.25) is 9.59 Å². The minimum absolute atomic E-state index is 0.116. The number of ether oxygens (including phenoxy) is 2. The normalized spacial score (nSPS) is 10.6. The van der Waals surface area contributed by atoms with Gasteiger partial charge >= 0.3 is 17.8 Å². The molecule has 0 spiro atoms. The third-order valence-electron chi connectivity index (χ3n) is 1.58. The van der Waals surface area contributed by atoms with Gasteiger partial charge in [0.25, 0.3) is 0 Å². The summed E-state index contributed by atoms with van der Waals surface area (Å²) >= 11 is 0. The Labute approximate surface area is 101 Å². The maximum atomic E-state index is 11.4. The monoisotopic (exact) mass is 245 g/mol. The van der Waals surface area contributed by atoms with Gasteiger partial charge in [-0.05, 0) is 27.7 Å². The Morgan fingerprint density at radius 2 is 1.71 bits per heavy atom. The second-order valence-corrected chi connectivity index (χ2v) is 4.47. The molecule has 1 amide bonds. The van der Waals surface area contributed by atoms with Crippen molar-refractivity contribution in [2.45, 2.75) is 33.3 Å². The lowest BCUT2D eigenvalue weighted by Crippen LogP contribution is -2.40. The van der Waals surface area contributed by atoms with E-state index in [4.69, 9.17) is 4.74 Å². The fourth-order valence-electron chi connectivity index (χ4n) is 0.988. The maximum absolute atomic E-state index is 11.4. The second kappa shape index (κ2) is 6.22. The molecule has 0 unspecified atom stereocenters. The average Bonchev–Trinajstić information content (AvgIpc) is 2.13. The van der Waals surface area contributed by atoms with Gasteiger partial charge in [0.2, 0.25) is 0 Å². The second-order valence-electron chi connectivity index (χ2n) is 4.47. The van der Waals surface area contributed by atoms with Gasteiger partial charge in [0, 0.05) is 7.05 Å². The number of esters is 2. The molecule has 0 aromatic rings. The van der Waals surface area contributed by atoms with Crippen LogP contribution in [0.2, 0.25) is 0 Å². The van der Waals surface area contributed by atoms with Crippen molar-refractivity contribution >= 4 is 17.8 Å². The molecule has 0 aromatic heterocycles. The molecule has 0 bridgehead atoms. The average molecular weight is 245 g/mol. The summed E-state index contributed by atoms with van der Waals surface area (Å²) in [5, 5.41) is 0. The molecule has 0 aromatic carbocycles. The third-order valence-corrected chi connectivity index (χ3v) is 1.58. The Kier molecular flexibility index (Phi) is 5.64. The summed E-state index contributed by atoms with van der Waals surface area (Å²) in [6, 6.07) is 0. The standard InChI is InChI=1S/C11H19NO5/c1-6-16-10(15)9(14)12(5)7-8(13)17-11(2,3)4/h6-7H2,1-5H3. The minimum atomic E-state index is -0.974. The van der Waals surface area contributed by atoms with E-state index in [0.29, 0.717) is 0 Å².